The monoisotopic (exact) mass is 411 g/mol. The number of anilines is 1. The van der Waals surface area contributed by atoms with E-state index in [9.17, 15) is 9.59 Å². The van der Waals surface area contributed by atoms with Crippen LogP contribution in [-0.4, -0.2) is 33.0 Å². The molecule has 1 amide bonds. The summed E-state index contributed by atoms with van der Waals surface area (Å²) in [6.45, 7) is 1.40. The number of hydrogen-bond donors (Lipinski definition) is 1. The number of methoxy groups -OCH3 is 3. The molecule has 3 rings (SSSR count). The van der Waals surface area contributed by atoms with Crippen LogP contribution >= 0.6 is 11.3 Å². The van der Waals surface area contributed by atoms with Crippen molar-refractivity contribution in [3.8, 4) is 27.7 Å². The Labute approximate surface area is 173 Å². The first-order valence-corrected chi connectivity index (χ1v) is 9.66. The molecule has 0 fully saturated rings. The predicted molar refractivity (Wildman–Crippen MR) is 114 cm³/mol. The van der Waals surface area contributed by atoms with Gasteiger partial charge in [0.25, 0.3) is 0 Å². The first kappa shape index (κ1) is 20.4. The lowest BCUT2D eigenvalue weighted by atomic mass is 9.98. The van der Waals surface area contributed by atoms with E-state index in [0.29, 0.717) is 34.1 Å². The van der Waals surface area contributed by atoms with Gasteiger partial charge in [0.2, 0.25) is 11.7 Å². The van der Waals surface area contributed by atoms with Gasteiger partial charge in [0.05, 0.1) is 27.0 Å². The molecule has 0 unspecified atom stereocenters. The number of hydrogen-bond acceptors (Lipinski definition) is 6. The topological polar surface area (TPSA) is 73.9 Å². The van der Waals surface area contributed by atoms with E-state index in [1.807, 2.05) is 23.6 Å². The van der Waals surface area contributed by atoms with Gasteiger partial charge in [-0.25, -0.2) is 0 Å². The molecule has 29 heavy (non-hydrogen) atoms. The highest BCUT2D eigenvalue weighted by Crippen LogP contribution is 2.39. The molecule has 1 heterocycles. The number of nitrogens with one attached hydrogen (secondary N) is 1. The number of ether oxygens (including phenoxy) is 3. The van der Waals surface area contributed by atoms with Crippen molar-refractivity contribution in [3.05, 3.63) is 59.0 Å². The Kier molecular flexibility index (Phi) is 6.19. The van der Waals surface area contributed by atoms with Crippen molar-refractivity contribution in [2.24, 2.45) is 0 Å². The van der Waals surface area contributed by atoms with E-state index < -0.39 is 0 Å². The third-order valence-corrected chi connectivity index (χ3v) is 5.23. The third kappa shape index (κ3) is 4.25. The Bertz CT molecular complexity index is 1020. The van der Waals surface area contributed by atoms with Crippen LogP contribution in [0.3, 0.4) is 0 Å². The van der Waals surface area contributed by atoms with E-state index in [-0.39, 0.29) is 11.7 Å². The van der Waals surface area contributed by atoms with Gasteiger partial charge in [-0.3, -0.25) is 9.59 Å². The van der Waals surface area contributed by atoms with Crippen molar-refractivity contribution in [1.29, 1.82) is 0 Å². The van der Waals surface area contributed by atoms with Gasteiger partial charge in [-0.15, -0.1) is 11.3 Å². The quantitative estimate of drug-likeness (QED) is 0.574. The molecule has 7 heteroatoms. The molecule has 0 atom stereocenters. The molecular weight excluding hydrogens is 390 g/mol. The Morgan fingerprint density at radius 2 is 1.62 bits per heavy atom. The van der Waals surface area contributed by atoms with Gasteiger partial charge in [-0.1, -0.05) is 12.1 Å². The number of thiophene rings is 1. The van der Waals surface area contributed by atoms with Gasteiger partial charge in [0.1, 0.15) is 0 Å². The molecule has 0 saturated heterocycles. The van der Waals surface area contributed by atoms with Gasteiger partial charge < -0.3 is 19.5 Å². The summed E-state index contributed by atoms with van der Waals surface area (Å²) in [4.78, 5) is 26.1. The zero-order valence-electron chi connectivity index (χ0n) is 16.6. The molecule has 3 aromatic rings. The van der Waals surface area contributed by atoms with Crippen LogP contribution in [0.2, 0.25) is 0 Å². The second-order valence-corrected chi connectivity index (χ2v) is 7.11. The lowest BCUT2D eigenvalue weighted by Gasteiger charge is -2.15. The second-order valence-electron chi connectivity index (χ2n) is 6.16. The first-order valence-electron chi connectivity index (χ1n) is 8.78. The number of rotatable bonds is 7. The minimum atomic E-state index is -0.272. The second kappa shape index (κ2) is 8.79. The SMILES string of the molecule is COc1cc(C(=O)c2cc(-c3cccs3)ccc2NC(C)=O)cc(OC)c1OC. The third-order valence-electron chi connectivity index (χ3n) is 4.31. The van der Waals surface area contributed by atoms with Crippen LogP contribution in [0.15, 0.2) is 47.8 Å². The molecule has 0 radical (unpaired) electrons. The molecule has 0 aliphatic carbocycles. The summed E-state index contributed by atoms with van der Waals surface area (Å²) < 4.78 is 16.0. The first-order chi connectivity index (χ1) is 14.0. The molecule has 2 aromatic carbocycles. The van der Waals surface area contributed by atoms with Crippen molar-refractivity contribution < 1.29 is 23.8 Å². The Hall–Kier alpha value is -3.32. The zero-order chi connectivity index (χ0) is 21.0. The zero-order valence-corrected chi connectivity index (χ0v) is 17.4. The molecule has 0 aliphatic rings. The summed E-state index contributed by atoms with van der Waals surface area (Å²) in [6, 6.07) is 12.5. The Morgan fingerprint density at radius 1 is 0.931 bits per heavy atom. The number of carbonyl (C=O) groups excluding carboxylic acids is 2. The molecule has 1 N–H and O–H groups in total. The maximum Gasteiger partial charge on any atom is 0.221 e. The van der Waals surface area contributed by atoms with Crippen molar-refractivity contribution in [3.63, 3.8) is 0 Å². The largest absolute Gasteiger partial charge is 0.493 e. The summed E-state index contributed by atoms with van der Waals surface area (Å²) in [5.74, 6) is 0.636. The van der Waals surface area contributed by atoms with Crippen LogP contribution in [0.5, 0.6) is 17.2 Å². The summed E-state index contributed by atoms with van der Waals surface area (Å²) in [7, 11) is 4.48. The number of carbonyl (C=O) groups is 2. The van der Waals surface area contributed by atoms with E-state index >= 15 is 0 Å². The van der Waals surface area contributed by atoms with Gasteiger partial charge in [-0.2, -0.15) is 0 Å². The smallest absolute Gasteiger partial charge is 0.221 e. The minimum absolute atomic E-state index is 0.257. The number of benzene rings is 2. The summed E-state index contributed by atoms with van der Waals surface area (Å²) in [5, 5.41) is 4.70. The molecule has 0 spiro atoms. The highest BCUT2D eigenvalue weighted by atomic mass is 32.1. The predicted octanol–water partition coefficient (Wildman–Crippen LogP) is 4.63. The lowest BCUT2D eigenvalue weighted by molar-refractivity contribution is -0.114. The molecule has 1 aromatic heterocycles. The molecule has 6 nitrogen and oxygen atoms in total. The normalized spacial score (nSPS) is 10.3. The number of amides is 1. The molecule has 150 valence electrons. The van der Waals surface area contributed by atoms with Gasteiger partial charge in [0, 0.05) is 22.9 Å². The van der Waals surface area contributed by atoms with Gasteiger partial charge in [0.15, 0.2) is 17.3 Å². The van der Waals surface area contributed by atoms with E-state index in [0.717, 1.165) is 10.4 Å². The van der Waals surface area contributed by atoms with Gasteiger partial charge >= 0.3 is 0 Å². The van der Waals surface area contributed by atoms with E-state index in [2.05, 4.69) is 5.32 Å². The van der Waals surface area contributed by atoms with Crippen molar-refractivity contribution in [2.45, 2.75) is 6.92 Å². The average Bonchev–Trinajstić information content (AvgIpc) is 3.26. The van der Waals surface area contributed by atoms with Gasteiger partial charge in [-0.05, 0) is 41.3 Å². The highest BCUT2D eigenvalue weighted by molar-refractivity contribution is 7.13. The molecule has 0 saturated carbocycles. The molecule has 0 aliphatic heterocycles. The maximum absolute atomic E-state index is 13.4. The minimum Gasteiger partial charge on any atom is -0.493 e. The van der Waals surface area contributed by atoms with Crippen molar-refractivity contribution >= 4 is 28.7 Å². The summed E-state index contributed by atoms with van der Waals surface area (Å²) >= 11 is 1.57. The van der Waals surface area contributed by atoms with Crippen LogP contribution in [0.25, 0.3) is 10.4 Å². The molecule has 0 bridgehead atoms. The van der Waals surface area contributed by atoms with Crippen molar-refractivity contribution in [1.82, 2.24) is 0 Å². The fraction of sp³-hybridized carbons (Fsp3) is 0.182. The van der Waals surface area contributed by atoms with Crippen LogP contribution in [0.1, 0.15) is 22.8 Å². The van der Waals surface area contributed by atoms with Crippen LogP contribution < -0.4 is 19.5 Å². The lowest BCUT2D eigenvalue weighted by Crippen LogP contribution is -2.12. The average molecular weight is 411 g/mol. The maximum atomic E-state index is 13.4. The fourth-order valence-electron chi connectivity index (χ4n) is 2.99. The highest BCUT2D eigenvalue weighted by Gasteiger charge is 2.21. The van der Waals surface area contributed by atoms with Crippen molar-refractivity contribution in [2.75, 3.05) is 26.6 Å². The Morgan fingerprint density at radius 3 is 2.14 bits per heavy atom. The van der Waals surface area contributed by atoms with E-state index in [1.165, 1.54) is 28.3 Å². The van der Waals surface area contributed by atoms with Crippen LogP contribution in [0, 0.1) is 0 Å². The Balaban J connectivity index is 2.14. The summed E-state index contributed by atoms with van der Waals surface area (Å²) in [6.07, 6.45) is 0. The number of ketones is 1. The van der Waals surface area contributed by atoms with Crippen LogP contribution in [0.4, 0.5) is 5.69 Å². The molecular formula is C22H21NO5S. The summed E-state index contributed by atoms with van der Waals surface area (Å²) in [5.41, 5.74) is 2.07. The van der Waals surface area contributed by atoms with Crippen LogP contribution in [-0.2, 0) is 4.79 Å². The van der Waals surface area contributed by atoms with E-state index in [4.69, 9.17) is 14.2 Å². The van der Waals surface area contributed by atoms with E-state index in [1.54, 1.807) is 35.6 Å². The standard InChI is InChI=1S/C22H21NO5S/c1-13(24)23-17-8-7-14(20-6-5-9-29-20)10-16(17)21(25)15-11-18(26-2)22(28-4)19(12-15)27-3/h5-12H,1-4H3,(H,23,24). The fourth-order valence-corrected chi connectivity index (χ4v) is 3.72.